The number of carbonyl (C=O) groups is 1. The van der Waals surface area contributed by atoms with Crippen molar-refractivity contribution in [1.29, 1.82) is 0 Å². The smallest absolute Gasteiger partial charge is 0.229 e. The van der Waals surface area contributed by atoms with Crippen molar-refractivity contribution in [2.75, 3.05) is 23.3 Å². The summed E-state index contributed by atoms with van der Waals surface area (Å²) >= 11 is 12.1. The number of piperidine rings is 1. The average Bonchev–Trinajstić information content (AvgIpc) is 3.25. The van der Waals surface area contributed by atoms with Crippen LogP contribution in [0.1, 0.15) is 12.8 Å². The average molecular weight is 417 g/mol. The van der Waals surface area contributed by atoms with E-state index in [0.717, 1.165) is 25.2 Å². The number of halogens is 2. The van der Waals surface area contributed by atoms with Gasteiger partial charge in [-0.15, -0.1) is 0 Å². The summed E-state index contributed by atoms with van der Waals surface area (Å²) in [5.41, 5.74) is 0.566. The number of nitrogens with zero attached hydrogens (tertiary/aromatic N) is 5. The Hall–Kier alpha value is -2.64. The number of amides is 1. The highest BCUT2D eigenvalue weighted by atomic mass is 35.5. The highest BCUT2D eigenvalue weighted by molar-refractivity contribution is 6.36. The molecule has 28 heavy (non-hydrogen) atoms. The molecule has 4 rings (SSSR count). The van der Waals surface area contributed by atoms with Crippen LogP contribution in [0.5, 0.6) is 0 Å². The quantitative estimate of drug-likeness (QED) is 0.699. The summed E-state index contributed by atoms with van der Waals surface area (Å²) in [7, 11) is 0. The lowest BCUT2D eigenvalue weighted by molar-refractivity contribution is -0.120. The van der Waals surface area contributed by atoms with Crippen LogP contribution in [0.4, 0.5) is 11.5 Å². The first kappa shape index (κ1) is 18.7. The van der Waals surface area contributed by atoms with E-state index in [-0.39, 0.29) is 11.8 Å². The molecule has 2 aromatic heterocycles. The molecule has 7 nitrogen and oxygen atoms in total. The molecule has 3 aromatic rings. The van der Waals surface area contributed by atoms with Crippen LogP contribution in [0.15, 0.2) is 49.1 Å². The summed E-state index contributed by atoms with van der Waals surface area (Å²) in [6, 6.07) is 8.75. The molecule has 1 atom stereocenters. The molecular weight excluding hydrogens is 399 g/mol. The Morgan fingerprint density at radius 2 is 2.04 bits per heavy atom. The molecule has 0 spiro atoms. The van der Waals surface area contributed by atoms with Crippen molar-refractivity contribution in [1.82, 2.24) is 19.7 Å². The van der Waals surface area contributed by atoms with Gasteiger partial charge in [-0.2, -0.15) is 5.10 Å². The second kappa shape index (κ2) is 8.16. The van der Waals surface area contributed by atoms with Gasteiger partial charge in [0.2, 0.25) is 5.91 Å². The summed E-state index contributed by atoms with van der Waals surface area (Å²) in [5, 5.41) is 8.06. The van der Waals surface area contributed by atoms with Crippen LogP contribution in [-0.2, 0) is 4.79 Å². The van der Waals surface area contributed by atoms with Crippen LogP contribution in [0, 0.1) is 5.92 Å². The van der Waals surface area contributed by atoms with Crippen LogP contribution in [-0.4, -0.2) is 38.7 Å². The van der Waals surface area contributed by atoms with Crippen molar-refractivity contribution in [2.24, 2.45) is 5.92 Å². The fourth-order valence-electron chi connectivity index (χ4n) is 3.26. The fourth-order valence-corrected chi connectivity index (χ4v) is 3.72. The summed E-state index contributed by atoms with van der Waals surface area (Å²) in [5.74, 6) is 1.25. The van der Waals surface area contributed by atoms with Gasteiger partial charge in [0.1, 0.15) is 12.1 Å². The SMILES string of the molecule is O=C(Nc1ccc(Cl)cc1Cl)C1CCCN(c2cc(-n3cccn3)ncn2)C1. The molecule has 1 saturated heterocycles. The third kappa shape index (κ3) is 4.10. The van der Waals surface area contributed by atoms with Gasteiger partial charge in [0.05, 0.1) is 16.6 Å². The topological polar surface area (TPSA) is 75.9 Å². The van der Waals surface area contributed by atoms with E-state index in [0.29, 0.717) is 28.1 Å². The lowest BCUT2D eigenvalue weighted by Gasteiger charge is -2.33. The molecule has 9 heteroatoms. The van der Waals surface area contributed by atoms with Gasteiger partial charge < -0.3 is 10.2 Å². The lowest BCUT2D eigenvalue weighted by atomic mass is 9.97. The Morgan fingerprint density at radius 1 is 1.18 bits per heavy atom. The van der Waals surface area contributed by atoms with Gasteiger partial charge in [0.25, 0.3) is 0 Å². The van der Waals surface area contributed by atoms with E-state index in [9.17, 15) is 4.79 Å². The number of aromatic nitrogens is 4. The number of hydrogen-bond donors (Lipinski definition) is 1. The summed E-state index contributed by atoms with van der Waals surface area (Å²) < 4.78 is 1.68. The van der Waals surface area contributed by atoms with Gasteiger partial charge >= 0.3 is 0 Å². The van der Waals surface area contributed by atoms with Crippen molar-refractivity contribution < 1.29 is 4.79 Å². The summed E-state index contributed by atoms with van der Waals surface area (Å²) in [4.78, 5) is 23.5. The minimum absolute atomic E-state index is 0.0599. The van der Waals surface area contributed by atoms with Crippen molar-refractivity contribution in [3.8, 4) is 5.82 Å². The maximum atomic E-state index is 12.8. The van der Waals surface area contributed by atoms with Crippen molar-refractivity contribution in [3.05, 3.63) is 59.1 Å². The first-order chi connectivity index (χ1) is 13.6. The molecule has 0 aliphatic carbocycles. The third-order valence-corrected chi connectivity index (χ3v) is 5.23. The van der Waals surface area contributed by atoms with E-state index in [1.165, 1.54) is 6.33 Å². The highest BCUT2D eigenvalue weighted by Crippen LogP contribution is 2.28. The van der Waals surface area contributed by atoms with Crippen molar-refractivity contribution in [2.45, 2.75) is 12.8 Å². The predicted molar refractivity (Wildman–Crippen MR) is 109 cm³/mol. The zero-order chi connectivity index (χ0) is 19.5. The standard InChI is InChI=1S/C19H18Cl2N6O/c20-14-4-5-16(15(21)9-14)25-19(28)13-3-1-7-26(11-13)17-10-18(23-12-22-17)27-8-2-6-24-27/h2,4-6,8-10,12-13H,1,3,7,11H2,(H,25,28). The number of nitrogens with one attached hydrogen (secondary N) is 1. The highest BCUT2D eigenvalue weighted by Gasteiger charge is 2.27. The molecule has 0 radical (unpaired) electrons. The molecule has 3 heterocycles. The first-order valence-corrected chi connectivity index (χ1v) is 9.68. The zero-order valence-electron chi connectivity index (χ0n) is 14.9. The molecule has 144 valence electrons. The molecule has 1 aliphatic heterocycles. The molecule has 1 N–H and O–H groups in total. The minimum Gasteiger partial charge on any atom is -0.356 e. The Bertz CT molecular complexity index is 978. The van der Waals surface area contributed by atoms with Crippen LogP contribution in [0.3, 0.4) is 0 Å². The number of anilines is 2. The van der Waals surface area contributed by atoms with E-state index in [1.807, 2.05) is 18.3 Å². The van der Waals surface area contributed by atoms with Gasteiger partial charge in [-0.05, 0) is 37.1 Å². The van der Waals surface area contributed by atoms with Crippen LogP contribution >= 0.6 is 23.2 Å². The number of rotatable bonds is 4. The van der Waals surface area contributed by atoms with E-state index >= 15 is 0 Å². The van der Waals surface area contributed by atoms with E-state index in [4.69, 9.17) is 23.2 Å². The molecule has 1 aromatic carbocycles. The molecule has 1 aliphatic rings. The summed E-state index contributed by atoms with van der Waals surface area (Å²) in [6.45, 7) is 1.41. The number of carbonyl (C=O) groups excluding carboxylic acids is 1. The van der Waals surface area contributed by atoms with Crippen LogP contribution < -0.4 is 10.2 Å². The number of benzene rings is 1. The van der Waals surface area contributed by atoms with E-state index in [2.05, 4.69) is 25.3 Å². The summed E-state index contributed by atoms with van der Waals surface area (Å²) in [6.07, 6.45) is 6.75. The van der Waals surface area contributed by atoms with E-state index in [1.54, 1.807) is 29.1 Å². The Labute approximate surface area is 172 Å². The van der Waals surface area contributed by atoms with Gasteiger partial charge in [-0.25, -0.2) is 14.6 Å². The first-order valence-electron chi connectivity index (χ1n) is 8.93. The third-order valence-electron chi connectivity index (χ3n) is 4.68. The van der Waals surface area contributed by atoms with Crippen molar-refractivity contribution in [3.63, 3.8) is 0 Å². The van der Waals surface area contributed by atoms with Gasteiger partial charge in [0.15, 0.2) is 5.82 Å². The minimum atomic E-state index is -0.163. The van der Waals surface area contributed by atoms with Crippen LogP contribution in [0.25, 0.3) is 5.82 Å². The maximum Gasteiger partial charge on any atom is 0.229 e. The monoisotopic (exact) mass is 416 g/mol. The van der Waals surface area contributed by atoms with E-state index < -0.39 is 0 Å². The second-order valence-electron chi connectivity index (χ2n) is 6.58. The maximum absolute atomic E-state index is 12.8. The zero-order valence-corrected chi connectivity index (χ0v) is 16.4. The Kier molecular flexibility index (Phi) is 5.45. The van der Waals surface area contributed by atoms with Crippen LogP contribution in [0.2, 0.25) is 10.0 Å². The molecular formula is C19H18Cl2N6O. The Balaban J connectivity index is 1.47. The number of hydrogen-bond acceptors (Lipinski definition) is 5. The molecule has 0 bridgehead atoms. The van der Waals surface area contributed by atoms with Gasteiger partial charge in [-0.1, -0.05) is 23.2 Å². The predicted octanol–water partition coefficient (Wildman–Crippen LogP) is 3.82. The Morgan fingerprint density at radius 3 is 2.82 bits per heavy atom. The van der Waals surface area contributed by atoms with Gasteiger partial charge in [0, 0.05) is 36.6 Å². The fraction of sp³-hybridized carbons (Fsp3) is 0.263. The molecule has 1 fully saturated rings. The normalized spacial score (nSPS) is 16.8. The molecule has 1 unspecified atom stereocenters. The lowest BCUT2D eigenvalue weighted by Crippen LogP contribution is -2.41. The molecule has 0 saturated carbocycles. The molecule has 1 amide bonds. The largest absolute Gasteiger partial charge is 0.356 e. The van der Waals surface area contributed by atoms with Gasteiger partial charge in [-0.3, -0.25) is 4.79 Å². The second-order valence-corrected chi connectivity index (χ2v) is 7.43. The van der Waals surface area contributed by atoms with Crippen molar-refractivity contribution >= 4 is 40.6 Å².